The number of sulfonamides is 1. The molecule has 0 bridgehead atoms. The molecule has 1 aromatic heterocycles. The molecule has 2 aliphatic heterocycles. The van der Waals surface area contributed by atoms with Crippen molar-refractivity contribution in [1.29, 1.82) is 0 Å². The highest BCUT2D eigenvalue weighted by Crippen LogP contribution is 2.35. The van der Waals surface area contributed by atoms with Gasteiger partial charge in [-0.3, -0.25) is 9.59 Å². The highest BCUT2D eigenvalue weighted by Gasteiger charge is 2.35. The number of thiophene rings is 1. The van der Waals surface area contributed by atoms with Crippen LogP contribution in [0.15, 0.2) is 34.5 Å². The number of rotatable bonds is 5. The van der Waals surface area contributed by atoms with E-state index in [0.717, 1.165) is 4.88 Å². The second-order valence-electron chi connectivity index (χ2n) is 7.45. The molecule has 10 heteroatoms. The van der Waals surface area contributed by atoms with Crippen molar-refractivity contribution >= 4 is 38.9 Å². The van der Waals surface area contributed by atoms with Gasteiger partial charge in [0.15, 0.2) is 6.61 Å². The van der Waals surface area contributed by atoms with Gasteiger partial charge in [-0.15, -0.1) is 11.3 Å². The molecule has 1 atom stereocenters. The molecule has 1 aromatic carbocycles. The Hall–Kier alpha value is -2.43. The summed E-state index contributed by atoms with van der Waals surface area (Å²) >= 11 is 1.57. The van der Waals surface area contributed by atoms with Crippen LogP contribution >= 0.6 is 11.3 Å². The van der Waals surface area contributed by atoms with Crippen molar-refractivity contribution in [3.05, 3.63) is 40.1 Å². The molecule has 4 rings (SSSR count). The van der Waals surface area contributed by atoms with Crippen LogP contribution < -0.4 is 15.4 Å². The molecule has 0 radical (unpaired) electrons. The third kappa shape index (κ3) is 4.21. The molecular weight excluding hydrogens is 426 g/mol. The van der Waals surface area contributed by atoms with Crippen LogP contribution in [0.4, 0.5) is 5.69 Å². The van der Waals surface area contributed by atoms with E-state index in [2.05, 4.69) is 10.6 Å². The Morgan fingerprint density at radius 2 is 2.23 bits per heavy atom. The molecule has 30 heavy (non-hydrogen) atoms. The van der Waals surface area contributed by atoms with Gasteiger partial charge in [-0.05, 0) is 42.8 Å². The molecule has 0 spiro atoms. The topological polar surface area (TPSA) is 105 Å². The average molecular weight is 450 g/mol. The van der Waals surface area contributed by atoms with Gasteiger partial charge in [0.25, 0.3) is 5.91 Å². The van der Waals surface area contributed by atoms with Crippen LogP contribution in [-0.2, 0) is 26.2 Å². The summed E-state index contributed by atoms with van der Waals surface area (Å²) in [5.74, 6) is -0.454. The van der Waals surface area contributed by atoms with E-state index in [1.807, 2.05) is 17.5 Å². The number of ether oxygens (including phenoxy) is 1. The molecular formula is C20H23N3O5S2. The largest absolute Gasteiger partial charge is 0.482 e. The fourth-order valence-corrected chi connectivity index (χ4v) is 6.13. The second-order valence-corrected chi connectivity index (χ2v) is 10.4. The van der Waals surface area contributed by atoms with Crippen molar-refractivity contribution in [2.45, 2.75) is 31.2 Å². The number of nitrogens with zero attached hydrogens (tertiary/aromatic N) is 1. The van der Waals surface area contributed by atoms with Crippen molar-refractivity contribution in [2.75, 3.05) is 25.0 Å². The first kappa shape index (κ1) is 20.8. The summed E-state index contributed by atoms with van der Waals surface area (Å²) in [5.41, 5.74) is 0.982. The van der Waals surface area contributed by atoms with Crippen LogP contribution in [-0.4, -0.2) is 44.2 Å². The number of anilines is 1. The fraction of sp³-hybridized carbons (Fsp3) is 0.400. The average Bonchev–Trinajstić information content (AvgIpc) is 3.25. The summed E-state index contributed by atoms with van der Waals surface area (Å²) in [6, 6.07) is 6.94. The summed E-state index contributed by atoms with van der Waals surface area (Å²) in [5, 5.41) is 7.55. The van der Waals surface area contributed by atoms with E-state index in [9.17, 15) is 18.0 Å². The standard InChI is InChI=1S/C20H23N3O5S2/c1-13-8-16-17(28-12-19(24)22-16)9-18(13)30(26,27)23-6-2-4-14(11-23)20(25)21-10-15-5-3-7-29-15/h3,5,7-9,14H,2,4,6,10-12H2,1H3,(H,21,25)(H,22,24). The highest BCUT2D eigenvalue weighted by molar-refractivity contribution is 7.89. The SMILES string of the molecule is Cc1cc2c(cc1S(=O)(=O)N1CCCC(C(=O)NCc3cccs3)C1)OCC(=O)N2. The first-order valence-electron chi connectivity index (χ1n) is 9.72. The van der Waals surface area contributed by atoms with Crippen LogP contribution in [0.25, 0.3) is 0 Å². The van der Waals surface area contributed by atoms with E-state index in [-0.39, 0.29) is 35.8 Å². The summed E-state index contributed by atoms with van der Waals surface area (Å²) in [6.45, 7) is 2.50. The number of piperidine rings is 1. The van der Waals surface area contributed by atoms with E-state index in [4.69, 9.17) is 4.74 Å². The lowest BCUT2D eigenvalue weighted by atomic mass is 9.99. The molecule has 160 valence electrons. The smallest absolute Gasteiger partial charge is 0.262 e. The predicted octanol–water partition coefficient (Wildman–Crippen LogP) is 2.10. The lowest BCUT2D eigenvalue weighted by Crippen LogP contribution is -2.45. The minimum atomic E-state index is -3.80. The monoisotopic (exact) mass is 449 g/mol. The molecule has 1 saturated heterocycles. The van der Waals surface area contributed by atoms with Gasteiger partial charge in [-0.1, -0.05) is 6.07 Å². The number of nitrogens with one attached hydrogen (secondary N) is 2. The van der Waals surface area contributed by atoms with Crippen LogP contribution in [0.3, 0.4) is 0 Å². The van der Waals surface area contributed by atoms with Crippen LogP contribution in [0.1, 0.15) is 23.3 Å². The number of amides is 2. The Bertz CT molecular complexity index is 1070. The van der Waals surface area contributed by atoms with E-state index < -0.39 is 10.0 Å². The molecule has 2 aliphatic rings. The van der Waals surface area contributed by atoms with Crippen molar-refractivity contribution in [1.82, 2.24) is 9.62 Å². The van der Waals surface area contributed by atoms with E-state index in [1.165, 1.54) is 10.4 Å². The quantitative estimate of drug-likeness (QED) is 0.727. The number of fused-ring (bicyclic) bond motifs is 1. The van der Waals surface area contributed by atoms with E-state index in [1.54, 1.807) is 24.3 Å². The maximum absolute atomic E-state index is 13.3. The third-order valence-corrected chi connectivity index (χ3v) is 8.18. The second kappa shape index (κ2) is 8.37. The Balaban J connectivity index is 1.50. The molecule has 1 unspecified atom stereocenters. The van der Waals surface area contributed by atoms with E-state index >= 15 is 0 Å². The number of benzene rings is 1. The number of carbonyl (C=O) groups excluding carboxylic acids is 2. The number of hydrogen-bond donors (Lipinski definition) is 2. The van der Waals surface area contributed by atoms with Gasteiger partial charge in [0.2, 0.25) is 15.9 Å². The van der Waals surface area contributed by atoms with Crippen molar-refractivity contribution < 1.29 is 22.7 Å². The summed E-state index contributed by atoms with van der Waals surface area (Å²) in [6.07, 6.45) is 1.27. The zero-order valence-corrected chi connectivity index (χ0v) is 18.1. The van der Waals surface area contributed by atoms with E-state index in [0.29, 0.717) is 42.9 Å². The van der Waals surface area contributed by atoms with Gasteiger partial charge >= 0.3 is 0 Å². The lowest BCUT2D eigenvalue weighted by Gasteiger charge is -2.32. The summed E-state index contributed by atoms with van der Waals surface area (Å²) < 4.78 is 33.4. The molecule has 3 heterocycles. The minimum absolute atomic E-state index is 0.128. The van der Waals surface area contributed by atoms with Crippen molar-refractivity contribution in [3.8, 4) is 5.75 Å². The maximum Gasteiger partial charge on any atom is 0.262 e. The Kier molecular flexibility index (Phi) is 5.81. The van der Waals surface area contributed by atoms with Crippen molar-refractivity contribution in [2.24, 2.45) is 5.92 Å². The molecule has 2 amide bonds. The first-order chi connectivity index (χ1) is 14.3. The zero-order valence-electron chi connectivity index (χ0n) is 16.5. The first-order valence-corrected chi connectivity index (χ1v) is 12.0. The maximum atomic E-state index is 13.3. The molecule has 0 saturated carbocycles. The number of carbonyl (C=O) groups is 2. The van der Waals surface area contributed by atoms with Crippen LogP contribution in [0, 0.1) is 12.8 Å². The molecule has 0 aliphatic carbocycles. The zero-order chi connectivity index (χ0) is 21.3. The molecule has 1 fully saturated rings. The van der Waals surface area contributed by atoms with Crippen LogP contribution in [0.2, 0.25) is 0 Å². The van der Waals surface area contributed by atoms with Gasteiger partial charge in [0.1, 0.15) is 5.75 Å². The van der Waals surface area contributed by atoms with Gasteiger partial charge in [-0.2, -0.15) is 4.31 Å². The molecule has 2 N–H and O–H groups in total. The minimum Gasteiger partial charge on any atom is -0.482 e. The highest BCUT2D eigenvalue weighted by atomic mass is 32.2. The molecule has 2 aromatic rings. The summed E-state index contributed by atoms with van der Waals surface area (Å²) in [7, 11) is -3.80. The summed E-state index contributed by atoms with van der Waals surface area (Å²) in [4.78, 5) is 25.3. The van der Waals surface area contributed by atoms with Gasteiger partial charge in [0, 0.05) is 24.0 Å². The normalized spacial score (nSPS) is 19.5. The number of hydrogen-bond acceptors (Lipinski definition) is 6. The molecule has 8 nitrogen and oxygen atoms in total. The third-order valence-electron chi connectivity index (χ3n) is 5.30. The number of aryl methyl sites for hydroxylation is 1. The van der Waals surface area contributed by atoms with Crippen LogP contribution in [0.5, 0.6) is 5.75 Å². The van der Waals surface area contributed by atoms with Gasteiger partial charge < -0.3 is 15.4 Å². The Morgan fingerprint density at radius 3 is 3.00 bits per heavy atom. The van der Waals surface area contributed by atoms with Gasteiger partial charge in [-0.25, -0.2) is 8.42 Å². The van der Waals surface area contributed by atoms with Gasteiger partial charge in [0.05, 0.1) is 23.0 Å². The Morgan fingerprint density at radius 1 is 1.40 bits per heavy atom. The lowest BCUT2D eigenvalue weighted by molar-refractivity contribution is -0.126. The fourth-order valence-electron chi connectivity index (χ4n) is 3.74. The predicted molar refractivity (Wildman–Crippen MR) is 113 cm³/mol. The van der Waals surface area contributed by atoms with Crippen molar-refractivity contribution in [3.63, 3.8) is 0 Å². The Labute approximate surface area is 179 Å².